The van der Waals surface area contributed by atoms with Crippen LogP contribution in [0.15, 0.2) is 29.3 Å². The summed E-state index contributed by atoms with van der Waals surface area (Å²) in [6, 6.07) is 7.41. The van der Waals surface area contributed by atoms with Gasteiger partial charge in [0.05, 0.1) is 11.6 Å². The number of carbonyl (C=O) groups excluding carboxylic acids is 1. The molecule has 1 heterocycles. The van der Waals surface area contributed by atoms with Crippen molar-refractivity contribution >= 4 is 23.5 Å². The van der Waals surface area contributed by atoms with Crippen LogP contribution in [0, 0.1) is 5.92 Å². The highest BCUT2D eigenvalue weighted by atomic mass is 35.5. The number of likely N-dealkylation sites (tertiary alicyclic amines) is 1. The molecule has 25 heavy (non-hydrogen) atoms. The van der Waals surface area contributed by atoms with Gasteiger partial charge < -0.3 is 20.7 Å². The smallest absolute Gasteiger partial charge is 0.217 e. The fraction of sp³-hybridized carbons (Fsp3) is 0.556. The summed E-state index contributed by atoms with van der Waals surface area (Å²) < 4.78 is 5.68. The number of piperidine rings is 1. The van der Waals surface area contributed by atoms with E-state index in [-0.39, 0.29) is 5.91 Å². The number of halogens is 1. The van der Waals surface area contributed by atoms with E-state index in [1.165, 1.54) is 0 Å². The maximum Gasteiger partial charge on any atom is 0.217 e. The molecule has 0 radical (unpaired) electrons. The van der Waals surface area contributed by atoms with Crippen molar-refractivity contribution in [2.45, 2.75) is 26.2 Å². The van der Waals surface area contributed by atoms with Crippen molar-refractivity contribution in [3.05, 3.63) is 29.3 Å². The van der Waals surface area contributed by atoms with Crippen LogP contribution in [-0.2, 0) is 4.79 Å². The van der Waals surface area contributed by atoms with Gasteiger partial charge in [-0.2, -0.15) is 0 Å². The molecule has 138 valence electrons. The highest BCUT2D eigenvalue weighted by molar-refractivity contribution is 6.32. The molecule has 0 aromatic heterocycles. The van der Waals surface area contributed by atoms with Crippen LogP contribution in [0.2, 0.25) is 5.02 Å². The Bertz CT molecular complexity index is 594. The Balaban J connectivity index is 1.89. The van der Waals surface area contributed by atoms with Crippen molar-refractivity contribution in [1.82, 2.24) is 10.2 Å². The van der Waals surface area contributed by atoms with Crippen LogP contribution in [0.1, 0.15) is 26.2 Å². The van der Waals surface area contributed by atoms with Gasteiger partial charge in [0.25, 0.3) is 0 Å². The molecule has 6 nitrogen and oxygen atoms in total. The Hall–Kier alpha value is -1.95. The van der Waals surface area contributed by atoms with E-state index in [2.05, 4.69) is 15.2 Å². The average Bonchev–Trinajstić information content (AvgIpc) is 2.59. The minimum Gasteiger partial charge on any atom is -0.490 e. The Morgan fingerprint density at radius 2 is 2.28 bits per heavy atom. The SMILES string of the molecule is CCNC(=NCCOc1ccccc1Cl)N1CCCC(CC(N)=O)C1. The predicted octanol–water partition coefficient (Wildman–Crippen LogP) is 2.27. The summed E-state index contributed by atoms with van der Waals surface area (Å²) in [5.41, 5.74) is 5.34. The van der Waals surface area contributed by atoms with Gasteiger partial charge in [-0.1, -0.05) is 23.7 Å². The van der Waals surface area contributed by atoms with Crippen molar-refractivity contribution in [1.29, 1.82) is 0 Å². The van der Waals surface area contributed by atoms with Crippen molar-refractivity contribution < 1.29 is 9.53 Å². The van der Waals surface area contributed by atoms with Crippen LogP contribution >= 0.6 is 11.6 Å². The highest BCUT2D eigenvalue weighted by Crippen LogP contribution is 2.23. The molecule has 1 aromatic carbocycles. The van der Waals surface area contributed by atoms with Crippen molar-refractivity contribution in [2.24, 2.45) is 16.6 Å². The topological polar surface area (TPSA) is 80.0 Å². The van der Waals surface area contributed by atoms with E-state index in [9.17, 15) is 4.79 Å². The molecule has 0 saturated carbocycles. The fourth-order valence-corrected chi connectivity index (χ4v) is 3.19. The number of primary amides is 1. The van der Waals surface area contributed by atoms with E-state index in [0.717, 1.165) is 38.4 Å². The Morgan fingerprint density at radius 3 is 3.00 bits per heavy atom. The summed E-state index contributed by atoms with van der Waals surface area (Å²) in [4.78, 5) is 18.0. The number of benzene rings is 1. The molecule has 1 unspecified atom stereocenters. The van der Waals surface area contributed by atoms with E-state index in [1.54, 1.807) is 6.07 Å². The molecule has 1 aliphatic heterocycles. The number of para-hydroxylation sites is 1. The number of nitrogens with one attached hydrogen (secondary N) is 1. The second-order valence-electron chi connectivity index (χ2n) is 6.14. The van der Waals surface area contributed by atoms with Gasteiger partial charge in [-0.05, 0) is 37.8 Å². The molecular formula is C18H27ClN4O2. The van der Waals surface area contributed by atoms with Crippen LogP contribution in [0.4, 0.5) is 0 Å². The molecular weight excluding hydrogens is 340 g/mol. The lowest BCUT2D eigenvalue weighted by atomic mass is 9.95. The van der Waals surface area contributed by atoms with Crippen molar-refractivity contribution in [2.75, 3.05) is 32.8 Å². The molecule has 0 aliphatic carbocycles. The predicted molar refractivity (Wildman–Crippen MR) is 101 cm³/mol. The molecule has 1 saturated heterocycles. The molecule has 1 fully saturated rings. The number of guanidine groups is 1. The number of nitrogens with two attached hydrogens (primary N) is 1. The summed E-state index contributed by atoms with van der Waals surface area (Å²) in [5.74, 6) is 1.60. The third-order valence-electron chi connectivity index (χ3n) is 4.09. The Kier molecular flexibility index (Phi) is 7.85. The molecule has 1 atom stereocenters. The molecule has 1 aliphatic rings. The maximum atomic E-state index is 11.2. The number of rotatable bonds is 7. The summed E-state index contributed by atoms with van der Waals surface area (Å²) in [6.45, 7) is 5.57. The van der Waals surface area contributed by atoms with Crippen molar-refractivity contribution in [3.63, 3.8) is 0 Å². The first kappa shape index (κ1) is 19.4. The summed E-state index contributed by atoms with van der Waals surface area (Å²) in [6.07, 6.45) is 2.51. The Labute approximate surface area is 154 Å². The van der Waals surface area contributed by atoms with Crippen LogP contribution in [0.3, 0.4) is 0 Å². The lowest BCUT2D eigenvalue weighted by molar-refractivity contribution is -0.119. The van der Waals surface area contributed by atoms with Crippen LogP contribution < -0.4 is 15.8 Å². The molecule has 0 bridgehead atoms. The van der Waals surface area contributed by atoms with Gasteiger partial charge in [-0.25, -0.2) is 4.99 Å². The molecule has 1 amide bonds. The maximum absolute atomic E-state index is 11.2. The van der Waals surface area contributed by atoms with Gasteiger partial charge in [-0.15, -0.1) is 0 Å². The largest absolute Gasteiger partial charge is 0.490 e. The van der Waals surface area contributed by atoms with Crippen LogP contribution in [0.5, 0.6) is 5.75 Å². The number of ether oxygens (including phenoxy) is 1. The molecule has 1 aromatic rings. The van der Waals surface area contributed by atoms with Gasteiger partial charge in [-0.3, -0.25) is 4.79 Å². The summed E-state index contributed by atoms with van der Waals surface area (Å²) in [5, 5.41) is 3.92. The third-order valence-corrected chi connectivity index (χ3v) is 4.40. The number of amides is 1. The number of hydrogen-bond donors (Lipinski definition) is 2. The summed E-state index contributed by atoms with van der Waals surface area (Å²) in [7, 11) is 0. The minimum atomic E-state index is -0.234. The highest BCUT2D eigenvalue weighted by Gasteiger charge is 2.23. The number of hydrogen-bond acceptors (Lipinski definition) is 3. The standard InChI is InChI=1S/C18H27ClN4O2/c1-2-21-18(23-10-5-6-14(13-23)12-17(20)24)22-9-11-25-16-8-4-3-7-15(16)19/h3-4,7-8,14H,2,5-6,9-13H2,1H3,(H2,20,24)(H,21,22). The minimum absolute atomic E-state index is 0.234. The quantitative estimate of drug-likeness (QED) is 0.440. The van der Waals surface area contributed by atoms with E-state index >= 15 is 0 Å². The Morgan fingerprint density at radius 1 is 1.48 bits per heavy atom. The van der Waals surface area contributed by atoms with E-state index < -0.39 is 0 Å². The zero-order chi connectivity index (χ0) is 18.1. The van der Waals surface area contributed by atoms with Gasteiger partial charge >= 0.3 is 0 Å². The second kappa shape index (κ2) is 10.1. The second-order valence-corrected chi connectivity index (χ2v) is 6.55. The zero-order valence-corrected chi connectivity index (χ0v) is 15.5. The lowest BCUT2D eigenvalue weighted by Crippen LogP contribution is -2.47. The monoisotopic (exact) mass is 366 g/mol. The van der Waals surface area contributed by atoms with Gasteiger partial charge in [0.1, 0.15) is 12.4 Å². The van der Waals surface area contributed by atoms with Gasteiger partial charge in [0, 0.05) is 26.1 Å². The van der Waals surface area contributed by atoms with Gasteiger partial charge in [0.15, 0.2) is 5.96 Å². The van der Waals surface area contributed by atoms with Crippen LogP contribution in [0.25, 0.3) is 0 Å². The lowest BCUT2D eigenvalue weighted by Gasteiger charge is -2.34. The molecule has 2 rings (SSSR count). The molecule has 0 spiro atoms. The summed E-state index contributed by atoms with van der Waals surface area (Å²) >= 11 is 6.08. The number of carbonyl (C=O) groups is 1. The first-order valence-electron chi connectivity index (χ1n) is 8.79. The normalized spacial score (nSPS) is 18.1. The molecule has 3 N–H and O–H groups in total. The first-order valence-corrected chi connectivity index (χ1v) is 9.16. The van der Waals surface area contributed by atoms with Crippen molar-refractivity contribution in [3.8, 4) is 5.75 Å². The zero-order valence-electron chi connectivity index (χ0n) is 14.7. The molecule has 7 heteroatoms. The van der Waals surface area contributed by atoms with E-state index in [1.807, 2.05) is 25.1 Å². The van der Waals surface area contributed by atoms with E-state index in [4.69, 9.17) is 22.1 Å². The number of aliphatic imine (C=N–C) groups is 1. The van der Waals surface area contributed by atoms with Gasteiger partial charge in [0.2, 0.25) is 5.91 Å². The first-order chi connectivity index (χ1) is 12.1. The number of nitrogens with zero attached hydrogens (tertiary/aromatic N) is 2. The van der Waals surface area contributed by atoms with Crippen LogP contribution in [-0.4, -0.2) is 49.6 Å². The third kappa shape index (κ3) is 6.46. The fourth-order valence-electron chi connectivity index (χ4n) is 3.00. The van der Waals surface area contributed by atoms with E-state index in [0.29, 0.717) is 36.3 Å². The average molecular weight is 367 g/mol.